The van der Waals surface area contributed by atoms with Gasteiger partial charge in [-0.3, -0.25) is 4.79 Å². The van der Waals surface area contributed by atoms with Crippen LogP contribution in [0.1, 0.15) is 13.8 Å². The predicted octanol–water partition coefficient (Wildman–Crippen LogP) is 3.47. The molecule has 1 N–H and O–H groups in total. The van der Waals surface area contributed by atoms with Gasteiger partial charge in [0.05, 0.1) is 27.9 Å². The average molecular weight is 430 g/mol. The van der Waals surface area contributed by atoms with E-state index in [0.29, 0.717) is 11.3 Å². The molecule has 1 fully saturated rings. The summed E-state index contributed by atoms with van der Waals surface area (Å²) in [4.78, 5) is 30.2. The minimum absolute atomic E-state index is 0.0573. The summed E-state index contributed by atoms with van der Waals surface area (Å²) in [6, 6.07) is 7.87. The second-order valence-corrected chi connectivity index (χ2v) is 10.3. The van der Waals surface area contributed by atoms with Crippen LogP contribution in [-0.2, 0) is 9.59 Å². The van der Waals surface area contributed by atoms with Gasteiger partial charge in [0.2, 0.25) is 5.91 Å². The average Bonchev–Trinajstić information content (AvgIpc) is 3.15. The molecule has 28 heavy (non-hydrogen) atoms. The molecular weight excluding hydrogens is 411 g/mol. The summed E-state index contributed by atoms with van der Waals surface area (Å²) >= 11 is 3.17. The number of carboxylic acid groups (broad SMARTS) is 1. The van der Waals surface area contributed by atoms with E-state index in [9.17, 15) is 14.7 Å². The standard InChI is InChI=1S/C20H19N2O3PS2/c1-10-12(17(19(24)25)22-16(10)15(11(2)26)18(22)23)6-5-9-27-20-21-13-7-3-4-8-14(13)28-20/h3-4,7-8,10-11,15-16H,9,26H2,1-2H3,(H,24,25)/t10-,11?,15?,16?/m0/s1. The second kappa shape index (κ2) is 7.51. The predicted molar refractivity (Wildman–Crippen MR) is 115 cm³/mol. The molecule has 0 radical (unpaired) electrons. The first-order valence-electron chi connectivity index (χ1n) is 8.93. The first kappa shape index (κ1) is 19.4. The number of rotatable bonds is 4. The number of aliphatic carboxylic acids is 1. The lowest BCUT2D eigenvalue weighted by Gasteiger charge is -2.46. The van der Waals surface area contributed by atoms with Crippen LogP contribution in [0.2, 0.25) is 0 Å². The number of thioether (sulfide) groups is 1. The monoisotopic (exact) mass is 430 g/mol. The van der Waals surface area contributed by atoms with E-state index in [1.54, 1.807) is 23.1 Å². The number of hydrogen-bond donors (Lipinski definition) is 1. The molecule has 0 spiro atoms. The number of thiazole rings is 1. The number of carbonyl (C=O) groups is 2. The molecule has 1 aromatic carbocycles. The van der Waals surface area contributed by atoms with Crippen LogP contribution in [0.5, 0.6) is 0 Å². The fourth-order valence-electron chi connectivity index (χ4n) is 3.91. The molecule has 3 heterocycles. The van der Waals surface area contributed by atoms with Gasteiger partial charge in [-0.25, -0.2) is 9.78 Å². The van der Waals surface area contributed by atoms with E-state index in [0.717, 1.165) is 14.6 Å². The van der Waals surface area contributed by atoms with Gasteiger partial charge in [-0.05, 0) is 17.8 Å². The van der Waals surface area contributed by atoms with Crippen LogP contribution in [0.15, 0.2) is 39.9 Å². The number of amides is 1. The van der Waals surface area contributed by atoms with Crippen molar-refractivity contribution in [1.82, 2.24) is 9.88 Å². The number of aromatic nitrogens is 1. The lowest BCUT2D eigenvalue weighted by atomic mass is 9.79. The molecule has 4 unspecified atom stereocenters. The molecule has 0 aliphatic carbocycles. The Kier molecular flexibility index (Phi) is 5.22. The van der Waals surface area contributed by atoms with Gasteiger partial charge in [-0.1, -0.05) is 49.6 Å². The van der Waals surface area contributed by atoms with Crippen molar-refractivity contribution in [2.75, 3.05) is 5.75 Å². The number of para-hydroxylation sites is 1. The zero-order valence-corrected chi connectivity index (χ0v) is 18.2. The molecular formula is C20H19N2O3PS2. The van der Waals surface area contributed by atoms with E-state index in [1.165, 1.54) is 4.90 Å². The van der Waals surface area contributed by atoms with Crippen molar-refractivity contribution in [3.63, 3.8) is 0 Å². The van der Waals surface area contributed by atoms with Crippen molar-refractivity contribution in [2.24, 2.45) is 11.8 Å². The maximum atomic E-state index is 12.4. The topological polar surface area (TPSA) is 70.5 Å². The fraction of sp³-hybridized carbons (Fsp3) is 0.350. The summed E-state index contributed by atoms with van der Waals surface area (Å²) in [5, 5.41) is 9.64. The second-order valence-electron chi connectivity index (χ2n) is 6.98. The summed E-state index contributed by atoms with van der Waals surface area (Å²) < 4.78 is 2.08. The molecule has 8 heteroatoms. The van der Waals surface area contributed by atoms with E-state index in [1.807, 2.05) is 38.1 Å². The number of carboxylic acids is 1. The van der Waals surface area contributed by atoms with Crippen molar-refractivity contribution in [2.45, 2.75) is 29.9 Å². The van der Waals surface area contributed by atoms with Crippen LogP contribution in [0, 0.1) is 23.7 Å². The smallest absolute Gasteiger partial charge is 0.353 e. The number of fused-ring (bicyclic) bond motifs is 2. The largest absolute Gasteiger partial charge is 0.477 e. The molecule has 4 rings (SSSR count). The number of β-lactam (4-membered cyclic amide) rings is 1. The Morgan fingerprint density at radius 3 is 2.89 bits per heavy atom. The van der Waals surface area contributed by atoms with Crippen molar-refractivity contribution < 1.29 is 14.7 Å². The highest BCUT2D eigenvalue weighted by Gasteiger charge is 2.59. The molecule has 2 aromatic rings. The Labute approximate surface area is 173 Å². The van der Waals surface area contributed by atoms with Crippen LogP contribution in [-0.4, -0.2) is 44.3 Å². The highest BCUT2D eigenvalue weighted by atomic mass is 32.2. The van der Waals surface area contributed by atoms with Gasteiger partial charge >= 0.3 is 5.97 Å². The van der Waals surface area contributed by atoms with E-state index in [-0.39, 0.29) is 35.1 Å². The summed E-state index contributed by atoms with van der Waals surface area (Å²) in [7, 11) is 2.66. The Balaban J connectivity index is 1.52. The van der Waals surface area contributed by atoms with E-state index in [4.69, 9.17) is 0 Å². The van der Waals surface area contributed by atoms with Gasteiger partial charge in [0, 0.05) is 11.5 Å². The minimum atomic E-state index is -1.08. The fourth-order valence-corrected chi connectivity index (χ4v) is 6.11. The lowest BCUT2D eigenvalue weighted by Crippen LogP contribution is -2.62. The summed E-state index contributed by atoms with van der Waals surface area (Å²) in [6.07, 6.45) is 0. The van der Waals surface area contributed by atoms with Gasteiger partial charge in [-0.15, -0.1) is 20.6 Å². The van der Waals surface area contributed by atoms with Crippen LogP contribution in [0.3, 0.4) is 0 Å². The number of benzene rings is 1. The molecule has 0 bridgehead atoms. The number of hydrogen-bond acceptors (Lipinski definition) is 5. The minimum Gasteiger partial charge on any atom is -0.477 e. The number of carbonyl (C=O) groups excluding carboxylic acids is 1. The maximum absolute atomic E-state index is 12.4. The molecule has 1 amide bonds. The quantitative estimate of drug-likeness (QED) is 0.348. The molecule has 0 saturated carbocycles. The normalized spacial score (nSPS) is 24.6. The number of nitrogens with zero attached hydrogens (tertiary/aromatic N) is 2. The van der Waals surface area contributed by atoms with E-state index >= 15 is 0 Å². The zero-order chi connectivity index (χ0) is 20.0. The van der Waals surface area contributed by atoms with Gasteiger partial charge < -0.3 is 10.0 Å². The Morgan fingerprint density at radius 1 is 1.46 bits per heavy atom. The van der Waals surface area contributed by atoms with Crippen molar-refractivity contribution in [1.29, 1.82) is 0 Å². The van der Waals surface area contributed by atoms with Crippen molar-refractivity contribution >= 4 is 54.4 Å². The molecule has 2 aliphatic rings. The Hall–Kier alpha value is -1.87. The first-order valence-corrected chi connectivity index (χ1v) is 11.4. The van der Waals surface area contributed by atoms with Gasteiger partial charge in [-0.2, -0.15) is 0 Å². The molecule has 2 aliphatic heterocycles. The highest BCUT2D eigenvalue weighted by Crippen LogP contribution is 2.48. The third kappa shape index (κ3) is 3.14. The third-order valence-corrected chi connectivity index (χ3v) is 7.66. The maximum Gasteiger partial charge on any atom is 0.353 e. The molecule has 1 aromatic heterocycles. The van der Waals surface area contributed by atoms with E-state index in [2.05, 4.69) is 26.1 Å². The first-order chi connectivity index (χ1) is 13.4. The SMILES string of the molecule is CC(P)C1C(=O)N2C(C(=O)O)=C(C#CCSc3nc4ccccc4s3)[C@H](C)C12. The Morgan fingerprint density at radius 2 is 2.21 bits per heavy atom. The highest BCUT2D eigenvalue weighted by molar-refractivity contribution is 8.01. The van der Waals surface area contributed by atoms with E-state index < -0.39 is 5.97 Å². The van der Waals surface area contributed by atoms with Gasteiger partial charge in [0.1, 0.15) is 5.70 Å². The van der Waals surface area contributed by atoms with Gasteiger partial charge in [0.15, 0.2) is 4.34 Å². The van der Waals surface area contributed by atoms with Crippen LogP contribution in [0.25, 0.3) is 10.2 Å². The summed E-state index contributed by atoms with van der Waals surface area (Å²) in [5.41, 5.74) is 1.70. The van der Waals surface area contributed by atoms with Crippen molar-refractivity contribution in [3.05, 3.63) is 35.5 Å². The lowest BCUT2D eigenvalue weighted by molar-refractivity contribution is -0.156. The molecule has 144 valence electrons. The van der Waals surface area contributed by atoms with Crippen LogP contribution in [0.4, 0.5) is 0 Å². The van der Waals surface area contributed by atoms with Gasteiger partial charge in [0.25, 0.3) is 0 Å². The van der Waals surface area contributed by atoms with Crippen LogP contribution >= 0.6 is 32.3 Å². The zero-order valence-electron chi connectivity index (χ0n) is 15.4. The summed E-state index contributed by atoms with van der Waals surface area (Å²) in [6.45, 7) is 3.93. The Bertz CT molecular complexity index is 1030. The van der Waals surface area contributed by atoms with Crippen LogP contribution < -0.4 is 0 Å². The van der Waals surface area contributed by atoms with Crippen molar-refractivity contribution in [3.8, 4) is 11.8 Å². The third-order valence-electron chi connectivity index (χ3n) is 5.19. The molecule has 5 nitrogen and oxygen atoms in total. The summed E-state index contributed by atoms with van der Waals surface area (Å²) in [5.74, 6) is 5.22. The molecule has 5 atom stereocenters. The molecule has 1 saturated heterocycles.